The summed E-state index contributed by atoms with van der Waals surface area (Å²) in [7, 11) is 4.07. The minimum absolute atomic E-state index is 0.177. The summed E-state index contributed by atoms with van der Waals surface area (Å²) in [4.78, 5) is 5.11. The second-order valence-electron chi connectivity index (χ2n) is 4.03. The Morgan fingerprint density at radius 2 is 2.13 bits per heavy atom. The molecular weight excluding hydrogens is 191 g/mol. The lowest BCUT2D eigenvalue weighted by atomic mass is 10.1. The number of likely N-dealkylation sites (N-methyl/N-ethyl adjacent to an activating group) is 1. The van der Waals surface area contributed by atoms with E-state index in [1.807, 2.05) is 26.4 Å². The van der Waals surface area contributed by atoms with E-state index < -0.39 is 0 Å². The van der Waals surface area contributed by atoms with E-state index in [1.165, 1.54) is 11.6 Å². The third kappa shape index (κ3) is 2.02. The van der Waals surface area contributed by atoms with Gasteiger partial charge in [0.2, 0.25) is 0 Å². The van der Waals surface area contributed by atoms with E-state index in [2.05, 4.69) is 9.88 Å². The first-order chi connectivity index (χ1) is 7.18. The number of rotatable bonds is 3. The second kappa shape index (κ2) is 4.03. The Kier molecular flexibility index (Phi) is 2.73. The van der Waals surface area contributed by atoms with Gasteiger partial charge in [-0.05, 0) is 32.1 Å². The number of nitrogens with one attached hydrogen (secondary N) is 1. The van der Waals surface area contributed by atoms with Gasteiger partial charge in [-0.2, -0.15) is 0 Å². The van der Waals surface area contributed by atoms with Gasteiger partial charge in [0.15, 0.2) is 0 Å². The molecule has 0 unspecified atom stereocenters. The highest BCUT2D eigenvalue weighted by Gasteiger charge is 2.06. The molecule has 0 saturated heterocycles. The molecule has 80 valence electrons. The lowest BCUT2D eigenvalue weighted by molar-refractivity contribution is 0.414. The van der Waals surface area contributed by atoms with Crippen LogP contribution >= 0.6 is 0 Å². The van der Waals surface area contributed by atoms with Crippen LogP contribution < -0.4 is 0 Å². The number of H-pyrrole nitrogens is 1. The standard InChI is InChI=1S/C12H15FN2/c1-15(2)7-6-9-8-14-12-10(9)4-3-5-11(12)13/h3-5,8,14H,6-7H2,1-2H3. The van der Waals surface area contributed by atoms with Crippen molar-refractivity contribution in [2.45, 2.75) is 6.42 Å². The van der Waals surface area contributed by atoms with E-state index in [4.69, 9.17) is 0 Å². The second-order valence-corrected chi connectivity index (χ2v) is 4.03. The quantitative estimate of drug-likeness (QED) is 0.817. The smallest absolute Gasteiger partial charge is 0.147 e. The Labute approximate surface area is 88.7 Å². The zero-order chi connectivity index (χ0) is 10.8. The van der Waals surface area contributed by atoms with Crippen LogP contribution in [-0.4, -0.2) is 30.5 Å². The van der Waals surface area contributed by atoms with E-state index in [1.54, 1.807) is 6.07 Å². The summed E-state index contributed by atoms with van der Waals surface area (Å²) in [5, 5.41) is 0.997. The van der Waals surface area contributed by atoms with Crippen molar-refractivity contribution < 1.29 is 4.39 Å². The highest BCUT2D eigenvalue weighted by Crippen LogP contribution is 2.20. The number of halogens is 1. The molecule has 0 radical (unpaired) electrons. The van der Waals surface area contributed by atoms with E-state index in [0.717, 1.165) is 18.4 Å². The first-order valence-corrected chi connectivity index (χ1v) is 5.07. The Morgan fingerprint density at radius 3 is 2.87 bits per heavy atom. The summed E-state index contributed by atoms with van der Waals surface area (Å²) in [5.74, 6) is -0.177. The molecule has 0 aliphatic carbocycles. The molecule has 0 bridgehead atoms. The number of hydrogen-bond acceptors (Lipinski definition) is 1. The predicted molar refractivity (Wildman–Crippen MR) is 60.5 cm³/mol. The van der Waals surface area contributed by atoms with Crippen molar-refractivity contribution in [1.29, 1.82) is 0 Å². The lowest BCUT2D eigenvalue weighted by Gasteiger charge is -2.07. The minimum Gasteiger partial charge on any atom is -0.359 e. The minimum atomic E-state index is -0.177. The first-order valence-electron chi connectivity index (χ1n) is 5.07. The Hall–Kier alpha value is -1.35. The largest absolute Gasteiger partial charge is 0.359 e. The van der Waals surface area contributed by atoms with Gasteiger partial charge in [0, 0.05) is 18.1 Å². The predicted octanol–water partition coefficient (Wildman–Crippen LogP) is 2.41. The molecular formula is C12H15FN2. The Balaban J connectivity index is 2.33. The average Bonchev–Trinajstić information content (AvgIpc) is 2.59. The van der Waals surface area contributed by atoms with E-state index in [-0.39, 0.29) is 5.82 Å². The highest BCUT2D eigenvalue weighted by atomic mass is 19.1. The molecule has 0 fully saturated rings. The molecule has 0 atom stereocenters. The van der Waals surface area contributed by atoms with Crippen LogP contribution in [0, 0.1) is 5.82 Å². The molecule has 2 rings (SSSR count). The number of fused-ring (bicyclic) bond motifs is 1. The topological polar surface area (TPSA) is 19.0 Å². The van der Waals surface area contributed by atoms with Crippen LogP contribution in [0.25, 0.3) is 10.9 Å². The van der Waals surface area contributed by atoms with Gasteiger partial charge in [-0.25, -0.2) is 4.39 Å². The average molecular weight is 206 g/mol. The Morgan fingerprint density at radius 1 is 1.33 bits per heavy atom. The Bertz CT molecular complexity index is 460. The van der Waals surface area contributed by atoms with Crippen molar-refractivity contribution in [2.24, 2.45) is 0 Å². The molecule has 15 heavy (non-hydrogen) atoms. The maximum atomic E-state index is 13.4. The summed E-state index contributed by atoms with van der Waals surface area (Å²) in [6, 6.07) is 5.19. The molecule has 0 aliphatic heterocycles. The number of para-hydroxylation sites is 1. The number of nitrogens with zero attached hydrogens (tertiary/aromatic N) is 1. The molecule has 2 nitrogen and oxygen atoms in total. The van der Waals surface area contributed by atoms with E-state index in [9.17, 15) is 4.39 Å². The first kappa shape index (κ1) is 10.2. The molecule has 2 aromatic rings. The van der Waals surface area contributed by atoms with E-state index >= 15 is 0 Å². The van der Waals surface area contributed by atoms with Crippen LogP contribution in [0.15, 0.2) is 24.4 Å². The van der Waals surface area contributed by atoms with Crippen molar-refractivity contribution in [3.05, 3.63) is 35.8 Å². The molecule has 1 aromatic heterocycles. The van der Waals surface area contributed by atoms with Crippen molar-refractivity contribution >= 4 is 10.9 Å². The lowest BCUT2D eigenvalue weighted by Crippen LogP contribution is -2.14. The zero-order valence-corrected chi connectivity index (χ0v) is 9.05. The zero-order valence-electron chi connectivity index (χ0n) is 9.05. The summed E-state index contributed by atoms with van der Waals surface area (Å²) in [5.41, 5.74) is 1.80. The number of benzene rings is 1. The molecule has 0 saturated carbocycles. The summed E-state index contributed by atoms with van der Waals surface area (Å²) in [6.45, 7) is 0.976. The van der Waals surface area contributed by atoms with Crippen molar-refractivity contribution in [2.75, 3.05) is 20.6 Å². The molecule has 0 amide bonds. The molecule has 0 aliphatic rings. The van der Waals surface area contributed by atoms with Crippen LogP contribution in [-0.2, 0) is 6.42 Å². The van der Waals surface area contributed by atoms with Crippen molar-refractivity contribution in [1.82, 2.24) is 9.88 Å². The normalized spacial score (nSPS) is 11.5. The van der Waals surface area contributed by atoms with Crippen LogP contribution in [0.3, 0.4) is 0 Å². The maximum Gasteiger partial charge on any atom is 0.147 e. The SMILES string of the molecule is CN(C)CCc1c[nH]c2c(F)cccc12. The molecule has 3 heteroatoms. The van der Waals surface area contributed by atoms with Gasteiger partial charge in [0.1, 0.15) is 5.82 Å². The molecule has 0 spiro atoms. The monoisotopic (exact) mass is 206 g/mol. The fraction of sp³-hybridized carbons (Fsp3) is 0.333. The van der Waals surface area contributed by atoms with Gasteiger partial charge in [-0.1, -0.05) is 12.1 Å². The van der Waals surface area contributed by atoms with Gasteiger partial charge in [-0.3, -0.25) is 0 Å². The molecule has 1 N–H and O–H groups in total. The summed E-state index contributed by atoms with van der Waals surface area (Å²) in [6.07, 6.45) is 2.84. The van der Waals surface area contributed by atoms with Gasteiger partial charge in [0.05, 0.1) is 5.52 Å². The maximum absolute atomic E-state index is 13.4. The summed E-state index contributed by atoms with van der Waals surface area (Å²) >= 11 is 0. The fourth-order valence-corrected chi connectivity index (χ4v) is 1.73. The van der Waals surface area contributed by atoms with Crippen LogP contribution in [0.2, 0.25) is 0 Å². The van der Waals surface area contributed by atoms with Gasteiger partial charge < -0.3 is 9.88 Å². The van der Waals surface area contributed by atoms with E-state index in [0.29, 0.717) is 5.52 Å². The summed E-state index contributed by atoms with van der Waals surface area (Å²) < 4.78 is 13.4. The number of hydrogen-bond donors (Lipinski definition) is 1. The van der Waals surface area contributed by atoms with Crippen LogP contribution in [0.5, 0.6) is 0 Å². The van der Waals surface area contributed by atoms with Gasteiger partial charge in [-0.15, -0.1) is 0 Å². The van der Waals surface area contributed by atoms with Crippen LogP contribution in [0.1, 0.15) is 5.56 Å². The number of aromatic amines is 1. The van der Waals surface area contributed by atoms with Gasteiger partial charge >= 0.3 is 0 Å². The third-order valence-electron chi connectivity index (χ3n) is 2.58. The molecule has 1 aromatic carbocycles. The van der Waals surface area contributed by atoms with Gasteiger partial charge in [0.25, 0.3) is 0 Å². The highest BCUT2D eigenvalue weighted by molar-refractivity contribution is 5.83. The van der Waals surface area contributed by atoms with Crippen LogP contribution in [0.4, 0.5) is 4.39 Å². The van der Waals surface area contributed by atoms with Crippen molar-refractivity contribution in [3.8, 4) is 0 Å². The fourth-order valence-electron chi connectivity index (χ4n) is 1.73. The third-order valence-corrected chi connectivity index (χ3v) is 2.58. The molecule has 1 heterocycles. The number of aromatic nitrogens is 1. The van der Waals surface area contributed by atoms with Crippen molar-refractivity contribution in [3.63, 3.8) is 0 Å².